The van der Waals surface area contributed by atoms with E-state index in [1.807, 2.05) is 19.3 Å². The van der Waals surface area contributed by atoms with Crippen LogP contribution in [0.1, 0.15) is 31.7 Å². The second-order valence-corrected chi connectivity index (χ2v) is 4.93. The van der Waals surface area contributed by atoms with Crippen LogP contribution in [0.25, 0.3) is 0 Å². The van der Waals surface area contributed by atoms with Gasteiger partial charge in [-0.15, -0.1) is 0 Å². The van der Waals surface area contributed by atoms with Crippen molar-refractivity contribution in [2.24, 2.45) is 5.73 Å². The van der Waals surface area contributed by atoms with Gasteiger partial charge in [-0.2, -0.15) is 0 Å². The third kappa shape index (κ3) is 5.74. The number of rotatable bonds is 6. The molecule has 1 rings (SSSR count). The Morgan fingerprint density at radius 1 is 1.33 bits per heavy atom. The van der Waals surface area contributed by atoms with E-state index in [0.29, 0.717) is 6.04 Å². The highest BCUT2D eigenvalue weighted by Gasteiger charge is 1.98. The zero-order chi connectivity index (χ0) is 11.1. The van der Waals surface area contributed by atoms with Gasteiger partial charge in [0.1, 0.15) is 0 Å². The smallest absolute Gasteiger partial charge is 0.187 e. The van der Waals surface area contributed by atoms with Crippen LogP contribution in [0.3, 0.4) is 0 Å². The van der Waals surface area contributed by atoms with Crippen molar-refractivity contribution in [3.63, 3.8) is 0 Å². The minimum Gasteiger partial charge on any atom is -0.328 e. The second-order valence-electron chi connectivity index (χ2n) is 3.86. The summed E-state index contributed by atoms with van der Waals surface area (Å²) in [4.78, 5) is 8.48. The number of aromatic nitrogens is 2. The second kappa shape index (κ2) is 6.80. The van der Waals surface area contributed by atoms with Gasteiger partial charge in [0.2, 0.25) is 0 Å². The fraction of sp³-hybridized carbons (Fsp3) is 0.636. The van der Waals surface area contributed by atoms with Crippen molar-refractivity contribution in [3.8, 4) is 0 Å². The molecule has 1 unspecified atom stereocenters. The van der Waals surface area contributed by atoms with Crippen LogP contribution in [-0.4, -0.2) is 21.8 Å². The maximum Gasteiger partial charge on any atom is 0.187 e. The lowest BCUT2D eigenvalue weighted by Crippen LogP contribution is -2.14. The summed E-state index contributed by atoms with van der Waals surface area (Å²) in [5.74, 6) is 1.08. The van der Waals surface area contributed by atoms with Crippen LogP contribution in [0.2, 0.25) is 0 Å². The third-order valence-electron chi connectivity index (χ3n) is 2.04. The molecular formula is C11H19N3S. The minimum absolute atomic E-state index is 0.325. The minimum atomic E-state index is 0.325. The van der Waals surface area contributed by atoms with Crippen LogP contribution in [-0.2, 0) is 0 Å². The molecule has 0 aliphatic rings. The first-order valence-electron chi connectivity index (χ1n) is 5.35. The summed E-state index contributed by atoms with van der Waals surface area (Å²) in [7, 11) is 0. The highest BCUT2D eigenvalue weighted by Crippen LogP contribution is 2.14. The maximum absolute atomic E-state index is 5.67. The predicted octanol–water partition coefficient (Wildman–Crippen LogP) is 2.39. The van der Waals surface area contributed by atoms with Crippen molar-refractivity contribution in [3.05, 3.63) is 18.0 Å². The van der Waals surface area contributed by atoms with E-state index >= 15 is 0 Å². The Balaban J connectivity index is 2.12. The van der Waals surface area contributed by atoms with E-state index in [4.69, 9.17) is 5.73 Å². The van der Waals surface area contributed by atoms with Gasteiger partial charge < -0.3 is 5.73 Å². The van der Waals surface area contributed by atoms with Gasteiger partial charge in [0.25, 0.3) is 0 Å². The molecule has 0 saturated heterocycles. The Morgan fingerprint density at radius 3 is 2.60 bits per heavy atom. The van der Waals surface area contributed by atoms with Gasteiger partial charge in [0, 0.05) is 24.2 Å². The average molecular weight is 225 g/mol. The lowest BCUT2D eigenvalue weighted by molar-refractivity contribution is 0.618. The van der Waals surface area contributed by atoms with Crippen molar-refractivity contribution >= 4 is 11.8 Å². The number of unbranched alkanes of at least 4 members (excludes halogenated alkanes) is 1. The van der Waals surface area contributed by atoms with Crippen molar-refractivity contribution in [1.82, 2.24) is 9.97 Å². The fourth-order valence-electron chi connectivity index (χ4n) is 1.19. The first-order chi connectivity index (χ1) is 7.18. The van der Waals surface area contributed by atoms with Gasteiger partial charge in [-0.1, -0.05) is 18.2 Å². The van der Waals surface area contributed by atoms with Gasteiger partial charge in [0.05, 0.1) is 0 Å². The highest BCUT2D eigenvalue weighted by atomic mass is 32.2. The summed E-state index contributed by atoms with van der Waals surface area (Å²) in [6, 6.07) is 0.325. The summed E-state index contributed by atoms with van der Waals surface area (Å²) < 4.78 is 0. The molecule has 1 atom stereocenters. The molecule has 0 spiro atoms. The molecule has 0 radical (unpaired) electrons. The average Bonchev–Trinajstić information content (AvgIpc) is 2.20. The third-order valence-corrected chi connectivity index (χ3v) is 3.00. The summed E-state index contributed by atoms with van der Waals surface area (Å²) >= 11 is 1.72. The molecule has 1 heterocycles. The largest absolute Gasteiger partial charge is 0.328 e. The van der Waals surface area contributed by atoms with Crippen LogP contribution >= 0.6 is 11.8 Å². The Morgan fingerprint density at radius 2 is 2.00 bits per heavy atom. The van der Waals surface area contributed by atoms with E-state index in [2.05, 4.69) is 16.9 Å². The number of hydrogen-bond acceptors (Lipinski definition) is 4. The topological polar surface area (TPSA) is 51.8 Å². The van der Waals surface area contributed by atoms with Crippen LogP contribution in [0.15, 0.2) is 17.6 Å². The highest BCUT2D eigenvalue weighted by molar-refractivity contribution is 7.99. The number of aryl methyl sites for hydroxylation is 1. The molecule has 0 fully saturated rings. The standard InChI is InChI=1S/C11H19N3S/c1-9-7-13-11(14-8-9)15-6-4-3-5-10(2)12/h7-8,10H,3-6,12H2,1-2H3. The zero-order valence-corrected chi connectivity index (χ0v) is 10.3. The summed E-state index contributed by atoms with van der Waals surface area (Å²) in [5.41, 5.74) is 6.78. The Labute approximate surface area is 95.9 Å². The lowest BCUT2D eigenvalue weighted by Gasteiger charge is -2.03. The predicted molar refractivity (Wildman–Crippen MR) is 65.0 cm³/mol. The van der Waals surface area contributed by atoms with Gasteiger partial charge in [-0.05, 0) is 32.3 Å². The normalized spacial score (nSPS) is 12.7. The van der Waals surface area contributed by atoms with Crippen molar-refractivity contribution in [2.45, 2.75) is 44.3 Å². The molecule has 4 heteroatoms. The Bertz CT molecular complexity index is 272. The summed E-state index contributed by atoms with van der Waals surface area (Å²) in [6.45, 7) is 4.05. The van der Waals surface area contributed by atoms with Crippen molar-refractivity contribution < 1.29 is 0 Å². The van der Waals surface area contributed by atoms with Crippen molar-refractivity contribution in [1.29, 1.82) is 0 Å². The quantitative estimate of drug-likeness (QED) is 0.459. The van der Waals surface area contributed by atoms with Crippen LogP contribution in [0, 0.1) is 6.92 Å². The van der Waals surface area contributed by atoms with E-state index in [-0.39, 0.29) is 0 Å². The number of nitrogens with two attached hydrogens (primary N) is 1. The fourth-order valence-corrected chi connectivity index (χ4v) is 1.97. The molecule has 0 bridgehead atoms. The van der Waals surface area contributed by atoms with Gasteiger partial charge in [0.15, 0.2) is 5.16 Å². The first-order valence-corrected chi connectivity index (χ1v) is 6.34. The molecule has 2 N–H and O–H groups in total. The first kappa shape index (κ1) is 12.5. The number of hydrogen-bond donors (Lipinski definition) is 1. The lowest BCUT2D eigenvalue weighted by atomic mass is 10.2. The molecule has 0 amide bonds. The maximum atomic E-state index is 5.67. The van der Waals surface area contributed by atoms with Crippen LogP contribution < -0.4 is 5.73 Å². The molecule has 0 aliphatic heterocycles. The molecule has 1 aromatic rings. The SMILES string of the molecule is Cc1cnc(SCCCCC(C)N)nc1. The monoisotopic (exact) mass is 225 g/mol. The number of thioether (sulfide) groups is 1. The molecule has 3 nitrogen and oxygen atoms in total. The van der Waals surface area contributed by atoms with E-state index in [1.54, 1.807) is 11.8 Å². The molecular weight excluding hydrogens is 206 g/mol. The number of nitrogens with zero attached hydrogens (tertiary/aromatic N) is 2. The molecule has 15 heavy (non-hydrogen) atoms. The van der Waals surface area contributed by atoms with Gasteiger partial charge in [-0.3, -0.25) is 0 Å². The van der Waals surface area contributed by atoms with Crippen molar-refractivity contribution in [2.75, 3.05) is 5.75 Å². The van der Waals surface area contributed by atoms with E-state index in [0.717, 1.165) is 22.9 Å². The van der Waals surface area contributed by atoms with Gasteiger partial charge in [-0.25, -0.2) is 9.97 Å². The Kier molecular flexibility index (Phi) is 5.65. The molecule has 84 valence electrons. The summed E-state index contributed by atoms with van der Waals surface area (Å²) in [5, 5.41) is 0.876. The Hall–Kier alpha value is -0.610. The molecule has 0 aromatic carbocycles. The van der Waals surface area contributed by atoms with E-state index < -0.39 is 0 Å². The van der Waals surface area contributed by atoms with E-state index in [1.165, 1.54) is 12.8 Å². The molecule has 1 aromatic heterocycles. The molecule has 0 saturated carbocycles. The summed E-state index contributed by atoms with van der Waals surface area (Å²) in [6.07, 6.45) is 7.20. The zero-order valence-electron chi connectivity index (χ0n) is 9.44. The van der Waals surface area contributed by atoms with Crippen LogP contribution in [0.5, 0.6) is 0 Å². The molecule has 0 aliphatic carbocycles. The van der Waals surface area contributed by atoms with Gasteiger partial charge >= 0.3 is 0 Å². The van der Waals surface area contributed by atoms with Crippen LogP contribution in [0.4, 0.5) is 0 Å². The van der Waals surface area contributed by atoms with E-state index in [9.17, 15) is 0 Å².